The maximum atomic E-state index is 14.0. The number of hydrogen-bond donors (Lipinski definition) is 0. The van der Waals surface area contributed by atoms with Gasteiger partial charge in [-0.05, 0) is 53.8 Å². The van der Waals surface area contributed by atoms with E-state index < -0.39 is 29.2 Å². The van der Waals surface area contributed by atoms with Gasteiger partial charge in [-0.15, -0.1) is 0 Å². The largest absolute Gasteiger partial charge is 0.459 e. The number of ether oxygens (including phenoxy) is 2. The lowest BCUT2D eigenvalue weighted by Gasteiger charge is -2.31. The predicted octanol–water partition coefficient (Wildman–Crippen LogP) is 7.11. The Balaban J connectivity index is 1.80. The minimum atomic E-state index is -2.29. The van der Waals surface area contributed by atoms with E-state index in [4.69, 9.17) is 9.47 Å². The van der Waals surface area contributed by atoms with Crippen LogP contribution >= 0.6 is 0 Å². The lowest BCUT2D eigenvalue weighted by Crippen LogP contribution is -2.51. The molecule has 4 aromatic rings. The van der Waals surface area contributed by atoms with Crippen LogP contribution in [0.2, 0.25) is 0 Å². The van der Waals surface area contributed by atoms with Gasteiger partial charge < -0.3 is 9.47 Å². The summed E-state index contributed by atoms with van der Waals surface area (Å²) in [5.74, 6) is -1.96. The summed E-state index contributed by atoms with van der Waals surface area (Å²) in [6.07, 6.45) is -1.07. The van der Waals surface area contributed by atoms with Gasteiger partial charge >= 0.3 is 11.9 Å². The number of nitrogens with zero attached hydrogens (tertiary/aromatic N) is 3. The van der Waals surface area contributed by atoms with Gasteiger partial charge in [-0.1, -0.05) is 108 Å². The summed E-state index contributed by atoms with van der Waals surface area (Å²) in [6.45, 7) is 5.05. The molecule has 0 aliphatic rings. The van der Waals surface area contributed by atoms with Crippen LogP contribution in [0.4, 0.5) is 0 Å². The molecule has 0 aliphatic carbocycles. The molecular weight excluding hydrogens is 478 g/mol. The van der Waals surface area contributed by atoms with Gasteiger partial charge in [0.25, 0.3) is 0 Å². The van der Waals surface area contributed by atoms with E-state index in [9.17, 15) is 15.1 Å². The number of esters is 2. The first-order valence-corrected chi connectivity index (χ1v) is 12.3. The fourth-order valence-corrected chi connectivity index (χ4v) is 4.22. The van der Waals surface area contributed by atoms with Crippen LogP contribution in [0.3, 0.4) is 0 Å². The van der Waals surface area contributed by atoms with E-state index in [2.05, 4.69) is 10.0 Å². The average Bonchev–Trinajstić information content (AvgIpc) is 2.91. The van der Waals surface area contributed by atoms with Crippen molar-refractivity contribution in [1.82, 2.24) is 0 Å². The van der Waals surface area contributed by atoms with E-state index >= 15 is 0 Å². The van der Waals surface area contributed by atoms with Gasteiger partial charge in [0, 0.05) is 11.3 Å². The second kappa shape index (κ2) is 11.2. The van der Waals surface area contributed by atoms with Crippen LogP contribution in [-0.4, -0.2) is 23.1 Å². The molecule has 4 aromatic carbocycles. The van der Waals surface area contributed by atoms with Crippen molar-refractivity contribution >= 4 is 22.7 Å². The highest BCUT2D eigenvalue weighted by Gasteiger charge is 2.51. The van der Waals surface area contributed by atoms with E-state index in [1.54, 1.807) is 26.8 Å². The Labute approximate surface area is 221 Å². The average molecular weight is 508 g/mol. The van der Waals surface area contributed by atoms with E-state index in [1.165, 1.54) is 0 Å². The molecule has 1 atom stereocenters. The van der Waals surface area contributed by atoms with Crippen LogP contribution in [0.25, 0.3) is 21.2 Å². The molecule has 0 unspecified atom stereocenters. The topological polar surface area (TPSA) is 101 Å². The zero-order chi connectivity index (χ0) is 27.2. The molecule has 0 fully saturated rings. The minimum absolute atomic E-state index is 0.230. The van der Waals surface area contributed by atoms with E-state index in [0.29, 0.717) is 16.7 Å². The molecule has 7 nitrogen and oxygen atoms in total. The maximum Gasteiger partial charge on any atom is 0.330 e. The summed E-state index contributed by atoms with van der Waals surface area (Å²) >= 11 is 0. The predicted molar refractivity (Wildman–Crippen MR) is 146 cm³/mol. The van der Waals surface area contributed by atoms with Crippen molar-refractivity contribution in [3.63, 3.8) is 0 Å². The van der Waals surface area contributed by atoms with Crippen LogP contribution in [0.1, 0.15) is 43.6 Å². The summed E-state index contributed by atoms with van der Waals surface area (Å²) in [7, 11) is 0. The van der Waals surface area contributed by atoms with Crippen molar-refractivity contribution in [1.29, 1.82) is 0 Å². The van der Waals surface area contributed by atoms with Crippen LogP contribution in [0.15, 0.2) is 108 Å². The highest BCUT2D eigenvalue weighted by molar-refractivity contribution is 6.06. The third-order valence-electron chi connectivity index (χ3n) is 5.99. The highest BCUT2D eigenvalue weighted by atomic mass is 16.6. The Bertz CT molecular complexity index is 1440. The highest BCUT2D eigenvalue weighted by Crippen LogP contribution is 2.32. The Kier molecular flexibility index (Phi) is 7.79. The van der Waals surface area contributed by atoms with Crippen LogP contribution in [0, 0.1) is 0 Å². The second-order valence-corrected chi connectivity index (χ2v) is 10.0. The zero-order valence-corrected chi connectivity index (χ0v) is 21.6. The van der Waals surface area contributed by atoms with Crippen molar-refractivity contribution in [2.45, 2.75) is 44.4 Å². The van der Waals surface area contributed by atoms with E-state index in [-0.39, 0.29) is 6.42 Å². The molecular formula is C31H29N3O4. The first kappa shape index (κ1) is 26.5. The van der Waals surface area contributed by atoms with Crippen molar-refractivity contribution in [2.75, 3.05) is 0 Å². The van der Waals surface area contributed by atoms with Gasteiger partial charge in [0.1, 0.15) is 5.60 Å². The third kappa shape index (κ3) is 6.02. The molecule has 38 heavy (non-hydrogen) atoms. The molecule has 0 heterocycles. The fourth-order valence-electron chi connectivity index (χ4n) is 4.22. The molecule has 7 heteroatoms. The molecule has 0 bridgehead atoms. The second-order valence-electron chi connectivity index (χ2n) is 10.0. The van der Waals surface area contributed by atoms with Gasteiger partial charge in [-0.25, -0.2) is 0 Å². The van der Waals surface area contributed by atoms with Crippen LogP contribution in [-0.2, 0) is 25.5 Å². The fraction of sp³-hybridized carbons (Fsp3) is 0.226. The molecule has 0 spiro atoms. The molecule has 192 valence electrons. The molecule has 0 N–H and O–H groups in total. The zero-order valence-electron chi connectivity index (χ0n) is 21.6. The first-order chi connectivity index (χ1) is 18.2. The summed E-state index contributed by atoms with van der Waals surface area (Å²) in [6, 6.07) is 31.7. The van der Waals surface area contributed by atoms with Crippen molar-refractivity contribution in [2.24, 2.45) is 5.11 Å². The minimum Gasteiger partial charge on any atom is -0.459 e. The summed E-state index contributed by atoms with van der Waals surface area (Å²) in [5, 5.41) is 5.71. The number of benzene rings is 4. The summed E-state index contributed by atoms with van der Waals surface area (Å²) in [5.41, 5.74) is 8.37. The van der Waals surface area contributed by atoms with Crippen molar-refractivity contribution in [3.05, 3.63) is 130 Å². The Morgan fingerprint density at radius 3 is 1.89 bits per heavy atom. The number of carbonyl (C=O) groups excluding carboxylic acids is 2. The standard InChI is InChI=1S/C31H29N3O4/c1-30(2,3)38-29(36)31(33-34-32,21-22-18-19-23-12-10-11-17-26(23)20-22)28(35)37-27(24-13-6-4-7-14-24)25-15-8-5-9-16-25/h4-20,27H,21H2,1-3H3/t31-/m0/s1. The van der Waals surface area contributed by atoms with Crippen molar-refractivity contribution in [3.8, 4) is 0 Å². The summed E-state index contributed by atoms with van der Waals surface area (Å²) in [4.78, 5) is 30.6. The SMILES string of the molecule is CC(C)(C)OC(=O)[C@@](Cc1ccc2ccccc2c1)(N=[N+]=[N-])C(=O)OC(c1ccccc1)c1ccccc1. The Morgan fingerprint density at radius 2 is 1.34 bits per heavy atom. The Morgan fingerprint density at radius 1 is 0.789 bits per heavy atom. The summed E-state index contributed by atoms with van der Waals surface area (Å²) < 4.78 is 11.7. The van der Waals surface area contributed by atoms with Crippen LogP contribution < -0.4 is 0 Å². The molecule has 0 amide bonds. The lowest BCUT2D eigenvalue weighted by molar-refractivity contribution is -0.173. The van der Waals surface area contributed by atoms with Gasteiger partial charge in [-0.3, -0.25) is 9.59 Å². The molecule has 0 saturated carbocycles. The number of hydrogen-bond acceptors (Lipinski definition) is 5. The number of rotatable bonds is 8. The van der Waals surface area contributed by atoms with E-state index in [0.717, 1.165) is 10.8 Å². The normalized spacial score (nSPS) is 12.8. The quantitative estimate of drug-likeness (QED) is 0.0834. The molecule has 0 saturated heterocycles. The first-order valence-electron chi connectivity index (χ1n) is 12.3. The lowest BCUT2D eigenvalue weighted by atomic mass is 9.90. The number of fused-ring (bicyclic) bond motifs is 1. The van der Waals surface area contributed by atoms with Crippen molar-refractivity contribution < 1.29 is 19.1 Å². The number of carbonyl (C=O) groups is 2. The smallest absolute Gasteiger partial charge is 0.330 e. The molecule has 0 radical (unpaired) electrons. The number of azide groups is 1. The van der Waals surface area contributed by atoms with Crippen LogP contribution in [0.5, 0.6) is 0 Å². The van der Waals surface area contributed by atoms with Gasteiger partial charge in [0.2, 0.25) is 5.54 Å². The monoisotopic (exact) mass is 507 g/mol. The molecule has 0 aliphatic heterocycles. The molecule has 4 rings (SSSR count). The van der Waals surface area contributed by atoms with Gasteiger partial charge in [-0.2, -0.15) is 0 Å². The maximum absolute atomic E-state index is 14.0. The van der Waals surface area contributed by atoms with Gasteiger partial charge in [0.15, 0.2) is 6.10 Å². The third-order valence-corrected chi connectivity index (χ3v) is 5.99. The van der Waals surface area contributed by atoms with Gasteiger partial charge in [0.05, 0.1) is 0 Å². The van der Waals surface area contributed by atoms with E-state index in [1.807, 2.05) is 97.1 Å². The molecule has 0 aromatic heterocycles. The Hall–Kier alpha value is -4.61.